The van der Waals surface area contributed by atoms with Crippen LogP contribution in [0.2, 0.25) is 10.0 Å². The van der Waals surface area contributed by atoms with Gasteiger partial charge < -0.3 is 0 Å². The van der Waals surface area contributed by atoms with Gasteiger partial charge in [-0.1, -0.05) is 45.2 Å². The summed E-state index contributed by atoms with van der Waals surface area (Å²) in [5.41, 5.74) is 0.998. The van der Waals surface area contributed by atoms with Gasteiger partial charge in [0.05, 0.1) is 5.02 Å². The lowest BCUT2D eigenvalue weighted by molar-refractivity contribution is 0.0993. The van der Waals surface area contributed by atoms with Gasteiger partial charge in [0.25, 0.3) is 0 Å². The molecule has 0 aliphatic carbocycles. The number of ketones is 1. The highest BCUT2D eigenvalue weighted by Gasteiger charge is 2.13. The molecule has 0 aromatic heterocycles. The maximum atomic E-state index is 12.9. The SMILES string of the molecule is O=C(Cc1ccc(Br)cc1Cl)c1ccc(F)cc1Cl. The number of carbonyl (C=O) groups excluding carboxylic acids is 1. The predicted octanol–water partition coefficient (Wildman–Crippen LogP) is 5.32. The molecule has 2 aromatic rings. The first-order valence-corrected chi connectivity index (χ1v) is 6.94. The summed E-state index contributed by atoms with van der Waals surface area (Å²) < 4.78 is 13.8. The molecular weight excluding hydrogens is 354 g/mol. The summed E-state index contributed by atoms with van der Waals surface area (Å²) >= 11 is 15.2. The number of rotatable bonds is 3. The van der Waals surface area contributed by atoms with Gasteiger partial charge in [0, 0.05) is 21.5 Å². The topological polar surface area (TPSA) is 17.1 Å². The first kappa shape index (κ1) is 14.5. The number of halogens is 4. The summed E-state index contributed by atoms with van der Waals surface area (Å²) in [5, 5.41) is 0.610. The van der Waals surface area contributed by atoms with E-state index in [0.29, 0.717) is 16.1 Å². The van der Waals surface area contributed by atoms with Crippen molar-refractivity contribution in [3.05, 3.63) is 67.9 Å². The van der Waals surface area contributed by atoms with Gasteiger partial charge in [-0.05, 0) is 35.9 Å². The molecule has 0 fully saturated rings. The minimum absolute atomic E-state index is 0.109. The number of benzene rings is 2. The van der Waals surface area contributed by atoms with Crippen LogP contribution in [0, 0.1) is 5.82 Å². The van der Waals surface area contributed by atoms with Crippen molar-refractivity contribution >= 4 is 44.9 Å². The molecule has 0 unspecified atom stereocenters. The average molecular weight is 362 g/mol. The Kier molecular flexibility index (Phi) is 4.61. The van der Waals surface area contributed by atoms with Crippen LogP contribution in [0.15, 0.2) is 40.9 Å². The van der Waals surface area contributed by atoms with E-state index in [4.69, 9.17) is 23.2 Å². The molecule has 0 radical (unpaired) electrons. The van der Waals surface area contributed by atoms with Crippen LogP contribution in [0.3, 0.4) is 0 Å². The Morgan fingerprint density at radius 2 is 1.84 bits per heavy atom. The lowest BCUT2D eigenvalue weighted by Gasteiger charge is -2.06. The number of carbonyl (C=O) groups is 1. The van der Waals surface area contributed by atoms with Crippen molar-refractivity contribution in [1.82, 2.24) is 0 Å². The Bertz CT molecular complexity index is 643. The summed E-state index contributed by atoms with van der Waals surface area (Å²) in [4.78, 5) is 12.1. The highest BCUT2D eigenvalue weighted by molar-refractivity contribution is 9.10. The van der Waals surface area contributed by atoms with E-state index >= 15 is 0 Å². The van der Waals surface area contributed by atoms with Crippen LogP contribution in [0.4, 0.5) is 4.39 Å². The molecule has 0 aliphatic heterocycles. The summed E-state index contributed by atoms with van der Waals surface area (Å²) in [7, 11) is 0. The molecule has 2 aromatic carbocycles. The molecule has 0 aliphatic rings. The summed E-state index contributed by atoms with van der Waals surface area (Å²) in [5.74, 6) is -0.669. The van der Waals surface area contributed by atoms with Crippen molar-refractivity contribution in [2.24, 2.45) is 0 Å². The Morgan fingerprint density at radius 3 is 2.47 bits per heavy atom. The van der Waals surface area contributed by atoms with E-state index in [-0.39, 0.29) is 17.2 Å². The summed E-state index contributed by atoms with van der Waals surface area (Å²) in [6.45, 7) is 0. The lowest BCUT2D eigenvalue weighted by atomic mass is 10.0. The van der Waals surface area contributed by atoms with Crippen LogP contribution < -0.4 is 0 Å². The molecule has 0 atom stereocenters. The molecule has 0 saturated heterocycles. The minimum Gasteiger partial charge on any atom is -0.294 e. The van der Waals surface area contributed by atoms with Crippen LogP contribution in [-0.4, -0.2) is 5.78 Å². The first-order chi connectivity index (χ1) is 8.97. The predicted molar refractivity (Wildman–Crippen MR) is 78.6 cm³/mol. The van der Waals surface area contributed by atoms with Gasteiger partial charge in [-0.3, -0.25) is 4.79 Å². The molecule has 2 rings (SSSR count). The maximum absolute atomic E-state index is 12.9. The smallest absolute Gasteiger partial charge is 0.168 e. The van der Waals surface area contributed by atoms with E-state index in [9.17, 15) is 9.18 Å². The van der Waals surface area contributed by atoms with E-state index in [2.05, 4.69) is 15.9 Å². The van der Waals surface area contributed by atoms with E-state index in [1.807, 2.05) is 0 Å². The average Bonchev–Trinajstić information content (AvgIpc) is 2.32. The second kappa shape index (κ2) is 6.04. The first-order valence-electron chi connectivity index (χ1n) is 5.39. The second-order valence-corrected chi connectivity index (χ2v) is 5.69. The fraction of sp³-hybridized carbons (Fsp3) is 0.0714. The molecule has 1 nitrogen and oxygen atoms in total. The Morgan fingerprint density at radius 1 is 1.11 bits per heavy atom. The minimum atomic E-state index is -0.469. The quantitative estimate of drug-likeness (QED) is 0.676. The van der Waals surface area contributed by atoms with Crippen LogP contribution in [0.1, 0.15) is 15.9 Å². The highest BCUT2D eigenvalue weighted by Crippen LogP contribution is 2.24. The Balaban J connectivity index is 2.25. The van der Waals surface area contributed by atoms with Crippen molar-refractivity contribution in [1.29, 1.82) is 0 Å². The van der Waals surface area contributed by atoms with E-state index < -0.39 is 5.82 Å². The molecule has 0 saturated carbocycles. The van der Waals surface area contributed by atoms with Crippen molar-refractivity contribution in [2.75, 3.05) is 0 Å². The second-order valence-electron chi connectivity index (χ2n) is 3.96. The van der Waals surface area contributed by atoms with Crippen molar-refractivity contribution < 1.29 is 9.18 Å². The van der Waals surface area contributed by atoms with Gasteiger partial charge >= 0.3 is 0 Å². The molecule has 19 heavy (non-hydrogen) atoms. The van der Waals surface area contributed by atoms with Gasteiger partial charge in [0.2, 0.25) is 0 Å². The van der Waals surface area contributed by atoms with Crippen LogP contribution in [-0.2, 0) is 6.42 Å². The van der Waals surface area contributed by atoms with Crippen molar-refractivity contribution in [3.63, 3.8) is 0 Å². The molecule has 98 valence electrons. The molecule has 0 N–H and O–H groups in total. The zero-order valence-corrected chi connectivity index (χ0v) is 12.7. The fourth-order valence-electron chi connectivity index (χ4n) is 1.65. The van der Waals surface area contributed by atoms with E-state index in [1.165, 1.54) is 12.1 Å². The number of hydrogen-bond donors (Lipinski definition) is 0. The third kappa shape index (κ3) is 3.56. The maximum Gasteiger partial charge on any atom is 0.168 e. The summed E-state index contributed by atoms with van der Waals surface area (Å²) in [6, 6.07) is 9.01. The number of hydrogen-bond acceptors (Lipinski definition) is 1. The van der Waals surface area contributed by atoms with E-state index in [0.717, 1.165) is 10.5 Å². The lowest BCUT2D eigenvalue weighted by Crippen LogP contribution is -2.05. The monoisotopic (exact) mass is 360 g/mol. The van der Waals surface area contributed by atoms with Crippen LogP contribution in [0.25, 0.3) is 0 Å². The van der Waals surface area contributed by atoms with Crippen LogP contribution in [0.5, 0.6) is 0 Å². The normalized spacial score (nSPS) is 10.5. The zero-order valence-electron chi connectivity index (χ0n) is 9.59. The molecule has 0 bridgehead atoms. The fourth-order valence-corrected chi connectivity index (χ4v) is 2.66. The highest BCUT2D eigenvalue weighted by atomic mass is 79.9. The van der Waals surface area contributed by atoms with Gasteiger partial charge in [-0.2, -0.15) is 0 Å². The Hall–Kier alpha value is -0.900. The molecular formula is C14H8BrCl2FO. The standard InChI is InChI=1S/C14H8BrCl2FO/c15-9-2-1-8(12(16)6-9)5-14(19)11-4-3-10(18)7-13(11)17/h1-4,6-7H,5H2. The van der Waals surface area contributed by atoms with Crippen LogP contribution >= 0.6 is 39.1 Å². The molecule has 0 spiro atoms. The molecule has 5 heteroatoms. The largest absolute Gasteiger partial charge is 0.294 e. The third-order valence-electron chi connectivity index (χ3n) is 2.60. The molecule has 0 heterocycles. The third-order valence-corrected chi connectivity index (χ3v) is 3.76. The Labute approximate surface area is 128 Å². The van der Waals surface area contributed by atoms with Gasteiger partial charge in [0.15, 0.2) is 5.78 Å². The molecule has 0 amide bonds. The van der Waals surface area contributed by atoms with E-state index in [1.54, 1.807) is 18.2 Å². The number of Topliss-reactive ketones (excluding diaryl/α,β-unsaturated/α-hetero) is 1. The summed E-state index contributed by atoms with van der Waals surface area (Å²) in [6.07, 6.45) is 0.122. The van der Waals surface area contributed by atoms with Crippen molar-refractivity contribution in [3.8, 4) is 0 Å². The zero-order chi connectivity index (χ0) is 14.0. The van der Waals surface area contributed by atoms with Gasteiger partial charge in [-0.25, -0.2) is 4.39 Å². The van der Waals surface area contributed by atoms with Gasteiger partial charge in [0.1, 0.15) is 5.82 Å². The van der Waals surface area contributed by atoms with Gasteiger partial charge in [-0.15, -0.1) is 0 Å². The van der Waals surface area contributed by atoms with Crippen molar-refractivity contribution in [2.45, 2.75) is 6.42 Å².